The molecule has 0 bridgehead atoms. The predicted molar refractivity (Wildman–Crippen MR) is 109 cm³/mol. The summed E-state index contributed by atoms with van der Waals surface area (Å²) in [6, 6.07) is 14.3. The minimum absolute atomic E-state index is 0.193. The summed E-state index contributed by atoms with van der Waals surface area (Å²) in [6.07, 6.45) is 6.01. The van der Waals surface area contributed by atoms with E-state index in [1.54, 1.807) is 53.6 Å². The van der Waals surface area contributed by atoms with Crippen LogP contribution in [-0.4, -0.2) is 19.6 Å². The fraction of sp³-hybridized carbons (Fsp3) is 0.125. The number of rotatable bonds is 3. The molecule has 2 aromatic carbocycles. The van der Waals surface area contributed by atoms with Gasteiger partial charge < -0.3 is 9.67 Å². The molecule has 4 aromatic rings. The number of benzene rings is 2. The number of halogens is 2. The molecule has 31 heavy (non-hydrogen) atoms. The van der Waals surface area contributed by atoms with Gasteiger partial charge in [0.25, 0.3) is 0 Å². The lowest BCUT2D eigenvalue weighted by Crippen LogP contribution is -2.24. The standard InChI is InChI=1S/C24H16F2N4O/c25-19-8-17(11-28-12-19)16-2-1-3-18(7-16)24(31)9-22(30-14-29-13-23(24)30)20-5-4-15(10-27)6-21(20)26/h1-8,11-14,22,31H,9H2/t22-,24+/m1/s1. The van der Waals surface area contributed by atoms with Crippen molar-refractivity contribution >= 4 is 0 Å². The SMILES string of the molecule is N#Cc1ccc([C@H]2C[C@](O)(c3cccc(-c4cncc(F)c4)c3)c3cncn32)c(F)c1. The third-order valence-corrected chi connectivity index (χ3v) is 5.78. The molecule has 152 valence electrons. The number of hydrogen-bond donors (Lipinski definition) is 1. The van der Waals surface area contributed by atoms with Crippen LogP contribution in [0.25, 0.3) is 11.1 Å². The van der Waals surface area contributed by atoms with E-state index in [-0.39, 0.29) is 12.0 Å². The van der Waals surface area contributed by atoms with E-state index >= 15 is 0 Å². The maximum absolute atomic E-state index is 14.8. The summed E-state index contributed by atoms with van der Waals surface area (Å²) in [6.45, 7) is 0. The second-order valence-electron chi connectivity index (χ2n) is 7.59. The summed E-state index contributed by atoms with van der Waals surface area (Å²) in [4.78, 5) is 8.06. The second kappa shape index (κ2) is 7.11. The van der Waals surface area contributed by atoms with E-state index in [2.05, 4.69) is 9.97 Å². The van der Waals surface area contributed by atoms with Crippen molar-refractivity contribution in [2.24, 2.45) is 0 Å². The zero-order valence-electron chi connectivity index (χ0n) is 16.2. The van der Waals surface area contributed by atoms with Gasteiger partial charge in [-0.1, -0.05) is 24.3 Å². The lowest BCUT2D eigenvalue weighted by atomic mass is 9.85. The second-order valence-corrected chi connectivity index (χ2v) is 7.59. The van der Waals surface area contributed by atoms with E-state index in [1.807, 2.05) is 12.1 Å². The molecule has 1 aliphatic rings. The molecule has 0 unspecified atom stereocenters. The number of hydrogen-bond acceptors (Lipinski definition) is 4. The van der Waals surface area contributed by atoms with E-state index in [0.29, 0.717) is 27.9 Å². The molecule has 2 aromatic heterocycles. The number of nitriles is 1. The molecule has 0 aliphatic carbocycles. The van der Waals surface area contributed by atoms with Gasteiger partial charge in [0.15, 0.2) is 0 Å². The van der Waals surface area contributed by atoms with Crippen LogP contribution >= 0.6 is 0 Å². The Labute approximate surface area is 176 Å². The van der Waals surface area contributed by atoms with Crippen LogP contribution in [0.5, 0.6) is 0 Å². The number of aliphatic hydroxyl groups is 1. The molecule has 5 rings (SSSR count). The summed E-state index contributed by atoms with van der Waals surface area (Å²) in [7, 11) is 0. The van der Waals surface area contributed by atoms with E-state index in [0.717, 1.165) is 6.20 Å². The lowest BCUT2D eigenvalue weighted by molar-refractivity contribution is 0.0793. The van der Waals surface area contributed by atoms with Crippen molar-refractivity contribution in [1.82, 2.24) is 14.5 Å². The first-order valence-corrected chi connectivity index (χ1v) is 9.65. The fourth-order valence-corrected chi connectivity index (χ4v) is 4.27. The molecule has 0 saturated heterocycles. The fourth-order valence-electron chi connectivity index (χ4n) is 4.27. The molecular weight excluding hydrogens is 398 g/mol. The molecule has 3 heterocycles. The highest BCUT2D eigenvalue weighted by Gasteiger charge is 2.45. The molecule has 1 N–H and O–H groups in total. The van der Waals surface area contributed by atoms with Gasteiger partial charge in [-0.2, -0.15) is 5.26 Å². The number of aromatic nitrogens is 3. The van der Waals surface area contributed by atoms with Gasteiger partial charge in [-0.15, -0.1) is 0 Å². The van der Waals surface area contributed by atoms with Crippen molar-refractivity contribution in [1.29, 1.82) is 5.26 Å². The Morgan fingerprint density at radius 2 is 1.90 bits per heavy atom. The van der Waals surface area contributed by atoms with Gasteiger partial charge in [0.05, 0.1) is 42.1 Å². The highest BCUT2D eigenvalue weighted by atomic mass is 19.1. The van der Waals surface area contributed by atoms with Crippen LogP contribution in [0.15, 0.2) is 73.4 Å². The molecule has 0 spiro atoms. The summed E-state index contributed by atoms with van der Waals surface area (Å²) < 4.78 is 30.1. The number of fused-ring (bicyclic) bond motifs is 1. The van der Waals surface area contributed by atoms with Gasteiger partial charge in [0, 0.05) is 23.7 Å². The van der Waals surface area contributed by atoms with Crippen LogP contribution in [0.4, 0.5) is 8.78 Å². The normalized spacial score (nSPS) is 19.7. The number of nitrogens with zero attached hydrogens (tertiary/aromatic N) is 4. The van der Waals surface area contributed by atoms with Crippen LogP contribution in [0.1, 0.15) is 34.8 Å². The molecule has 1 aliphatic heterocycles. The Balaban J connectivity index is 1.59. The molecule has 7 heteroatoms. The zero-order chi connectivity index (χ0) is 21.6. The zero-order valence-corrected chi connectivity index (χ0v) is 16.2. The molecule has 2 atom stereocenters. The van der Waals surface area contributed by atoms with Gasteiger partial charge in [-0.25, -0.2) is 13.8 Å². The minimum atomic E-state index is -1.42. The van der Waals surface area contributed by atoms with Gasteiger partial charge >= 0.3 is 0 Å². The van der Waals surface area contributed by atoms with E-state index < -0.39 is 23.3 Å². The van der Waals surface area contributed by atoms with Gasteiger partial charge in [0.1, 0.15) is 17.2 Å². The van der Waals surface area contributed by atoms with Gasteiger partial charge in [0.2, 0.25) is 0 Å². The first-order valence-electron chi connectivity index (χ1n) is 9.65. The van der Waals surface area contributed by atoms with Crippen molar-refractivity contribution in [2.75, 3.05) is 0 Å². The van der Waals surface area contributed by atoms with E-state index in [1.165, 1.54) is 12.1 Å². The third kappa shape index (κ3) is 3.09. The lowest BCUT2D eigenvalue weighted by Gasteiger charge is -2.24. The summed E-state index contributed by atoms with van der Waals surface area (Å²) >= 11 is 0. The molecule has 0 radical (unpaired) electrons. The maximum Gasteiger partial charge on any atom is 0.142 e. The first kappa shape index (κ1) is 19.1. The van der Waals surface area contributed by atoms with E-state index in [9.17, 15) is 13.9 Å². The van der Waals surface area contributed by atoms with Crippen LogP contribution in [0, 0.1) is 23.0 Å². The Bertz CT molecular complexity index is 1340. The summed E-state index contributed by atoms with van der Waals surface area (Å²) in [5.41, 5.74) is 1.61. The third-order valence-electron chi connectivity index (χ3n) is 5.78. The minimum Gasteiger partial charge on any atom is -0.379 e. The molecule has 5 nitrogen and oxygen atoms in total. The molecule has 0 fully saturated rings. The maximum atomic E-state index is 14.8. The summed E-state index contributed by atoms with van der Waals surface area (Å²) in [5.74, 6) is -0.954. The Hall–Kier alpha value is -3.89. The van der Waals surface area contributed by atoms with Crippen LogP contribution in [-0.2, 0) is 5.60 Å². The highest BCUT2D eigenvalue weighted by molar-refractivity contribution is 5.64. The predicted octanol–water partition coefficient (Wildman–Crippen LogP) is 4.32. The Morgan fingerprint density at radius 3 is 2.68 bits per heavy atom. The number of imidazole rings is 1. The van der Waals surface area contributed by atoms with Crippen LogP contribution in [0.2, 0.25) is 0 Å². The highest BCUT2D eigenvalue weighted by Crippen LogP contribution is 2.47. The monoisotopic (exact) mass is 414 g/mol. The Kier molecular flexibility index (Phi) is 4.38. The van der Waals surface area contributed by atoms with E-state index in [4.69, 9.17) is 5.26 Å². The quantitative estimate of drug-likeness (QED) is 0.542. The average molecular weight is 414 g/mol. The van der Waals surface area contributed by atoms with Crippen molar-refractivity contribution in [3.05, 3.63) is 107 Å². The van der Waals surface area contributed by atoms with Crippen molar-refractivity contribution in [3.8, 4) is 17.2 Å². The van der Waals surface area contributed by atoms with Gasteiger partial charge in [-0.3, -0.25) is 4.98 Å². The van der Waals surface area contributed by atoms with Crippen molar-refractivity contribution < 1.29 is 13.9 Å². The number of pyridine rings is 1. The van der Waals surface area contributed by atoms with Crippen LogP contribution < -0.4 is 0 Å². The topological polar surface area (TPSA) is 74.7 Å². The average Bonchev–Trinajstić information content (AvgIpc) is 3.37. The molecule has 0 amide bonds. The summed E-state index contributed by atoms with van der Waals surface area (Å²) in [5, 5.41) is 20.7. The molecular formula is C24H16F2N4O. The smallest absolute Gasteiger partial charge is 0.142 e. The largest absolute Gasteiger partial charge is 0.379 e. The van der Waals surface area contributed by atoms with Crippen molar-refractivity contribution in [2.45, 2.75) is 18.1 Å². The Morgan fingerprint density at radius 1 is 1.03 bits per heavy atom. The first-order chi connectivity index (χ1) is 15.0. The van der Waals surface area contributed by atoms with Crippen molar-refractivity contribution in [3.63, 3.8) is 0 Å². The van der Waals surface area contributed by atoms with Crippen LogP contribution in [0.3, 0.4) is 0 Å². The molecule has 0 saturated carbocycles. The van der Waals surface area contributed by atoms with Gasteiger partial charge in [-0.05, 0) is 35.4 Å².